The number of carbonyl (C=O) groups excluding carboxylic acids is 1. The standard InChI is InChI=1S/C24H29FN6O/c1-3-29-12-14-30(15-13-29)23-9-8-19(25)16-22(23)18(2)27-24(32)28-20-6-4-7-21(17-20)31-11-5-10-26-31/h4-11,16-18H,3,12-15H2,1-2H3,(H2,27,28,32). The predicted octanol–water partition coefficient (Wildman–Crippen LogP) is 4.04. The van der Waals surface area contributed by atoms with Crippen molar-refractivity contribution in [3.8, 4) is 5.69 Å². The van der Waals surface area contributed by atoms with Crippen LogP contribution in [-0.2, 0) is 0 Å². The monoisotopic (exact) mass is 436 g/mol. The second-order valence-electron chi connectivity index (χ2n) is 7.95. The van der Waals surface area contributed by atoms with E-state index in [0.717, 1.165) is 49.7 Å². The van der Waals surface area contributed by atoms with E-state index in [-0.39, 0.29) is 17.9 Å². The molecule has 2 amide bonds. The number of nitrogens with one attached hydrogen (secondary N) is 2. The van der Waals surface area contributed by atoms with Gasteiger partial charge in [0.05, 0.1) is 11.7 Å². The summed E-state index contributed by atoms with van der Waals surface area (Å²) in [4.78, 5) is 17.4. The summed E-state index contributed by atoms with van der Waals surface area (Å²) in [5.41, 5.74) is 3.24. The molecule has 3 aromatic rings. The van der Waals surface area contributed by atoms with Crippen molar-refractivity contribution in [2.45, 2.75) is 19.9 Å². The Kier molecular flexibility index (Phi) is 6.70. The van der Waals surface area contributed by atoms with Gasteiger partial charge in [-0.2, -0.15) is 5.10 Å². The quantitative estimate of drug-likeness (QED) is 0.612. The van der Waals surface area contributed by atoms with Crippen LogP contribution in [0.4, 0.5) is 20.6 Å². The number of rotatable bonds is 6. The first-order chi connectivity index (χ1) is 15.5. The van der Waals surface area contributed by atoms with Crippen molar-refractivity contribution in [1.29, 1.82) is 0 Å². The highest BCUT2D eigenvalue weighted by Gasteiger charge is 2.22. The minimum Gasteiger partial charge on any atom is -0.369 e. The summed E-state index contributed by atoms with van der Waals surface area (Å²) in [5, 5.41) is 10.0. The van der Waals surface area contributed by atoms with E-state index >= 15 is 0 Å². The van der Waals surface area contributed by atoms with Gasteiger partial charge in [0.1, 0.15) is 5.82 Å². The number of anilines is 2. The van der Waals surface area contributed by atoms with Crippen LogP contribution in [-0.4, -0.2) is 53.4 Å². The van der Waals surface area contributed by atoms with E-state index in [1.165, 1.54) is 12.1 Å². The molecule has 0 radical (unpaired) electrons. The molecule has 1 aromatic heterocycles. The molecule has 2 heterocycles. The number of urea groups is 1. The maximum Gasteiger partial charge on any atom is 0.319 e. The molecule has 8 heteroatoms. The fourth-order valence-corrected chi connectivity index (χ4v) is 4.05. The van der Waals surface area contributed by atoms with E-state index in [0.29, 0.717) is 5.69 Å². The van der Waals surface area contributed by atoms with Gasteiger partial charge in [-0.25, -0.2) is 13.9 Å². The van der Waals surface area contributed by atoms with Crippen molar-refractivity contribution in [2.75, 3.05) is 42.9 Å². The number of benzene rings is 2. The van der Waals surface area contributed by atoms with Crippen LogP contribution in [0.1, 0.15) is 25.5 Å². The van der Waals surface area contributed by atoms with Crippen molar-refractivity contribution in [1.82, 2.24) is 20.0 Å². The number of halogens is 1. The summed E-state index contributed by atoms with van der Waals surface area (Å²) in [6, 6.07) is 13.4. The Morgan fingerprint density at radius 2 is 1.94 bits per heavy atom. The largest absolute Gasteiger partial charge is 0.369 e. The van der Waals surface area contributed by atoms with Crippen molar-refractivity contribution in [2.24, 2.45) is 0 Å². The number of amides is 2. The van der Waals surface area contributed by atoms with Crippen LogP contribution in [0.2, 0.25) is 0 Å². The zero-order chi connectivity index (χ0) is 22.5. The normalized spacial score (nSPS) is 15.4. The molecule has 0 spiro atoms. The molecule has 0 aliphatic carbocycles. The summed E-state index contributed by atoms with van der Waals surface area (Å²) < 4.78 is 15.8. The van der Waals surface area contributed by atoms with Gasteiger partial charge in [0.2, 0.25) is 0 Å². The predicted molar refractivity (Wildman–Crippen MR) is 125 cm³/mol. The van der Waals surface area contributed by atoms with Gasteiger partial charge < -0.3 is 20.4 Å². The molecule has 32 heavy (non-hydrogen) atoms. The Bertz CT molecular complexity index is 1050. The number of likely N-dealkylation sites (N-methyl/N-ethyl adjacent to an activating group) is 1. The van der Waals surface area contributed by atoms with E-state index in [1.54, 1.807) is 10.9 Å². The zero-order valence-corrected chi connectivity index (χ0v) is 18.5. The third-order valence-corrected chi connectivity index (χ3v) is 5.84. The van der Waals surface area contributed by atoms with E-state index < -0.39 is 0 Å². The molecular weight excluding hydrogens is 407 g/mol. The second-order valence-corrected chi connectivity index (χ2v) is 7.95. The van der Waals surface area contributed by atoms with Gasteiger partial charge in [0.15, 0.2) is 0 Å². The molecular formula is C24H29FN6O. The highest BCUT2D eigenvalue weighted by atomic mass is 19.1. The van der Waals surface area contributed by atoms with Crippen LogP contribution in [0.5, 0.6) is 0 Å². The lowest BCUT2D eigenvalue weighted by Gasteiger charge is -2.37. The van der Waals surface area contributed by atoms with Crippen molar-refractivity contribution in [3.63, 3.8) is 0 Å². The highest BCUT2D eigenvalue weighted by molar-refractivity contribution is 5.90. The SMILES string of the molecule is CCN1CCN(c2ccc(F)cc2C(C)NC(=O)Nc2cccc(-n3cccn3)c2)CC1. The first kappa shape index (κ1) is 21.8. The number of carbonyl (C=O) groups is 1. The van der Waals surface area contributed by atoms with E-state index in [2.05, 4.69) is 32.5 Å². The van der Waals surface area contributed by atoms with E-state index in [1.807, 2.05) is 49.5 Å². The Balaban J connectivity index is 1.45. The average molecular weight is 437 g/mol. The highest BCUT2D eigenvalue weighted by Crippen LogP contribution is 2.28. The molecule has 0 saturated carbocycles. The van der Waals surface area contributed by atoms with Crippen LogP contribution in [0, 0.1) is 5.82 Å². The van der Waals surface area contributed by atoms with Crippen molar-refractivity contribution >= 4 is 17.4 Å². The van der Waals surface area contributed by atoms with Crippen LogP contribution in [0.25, 0.3) is 5.69 Å². The molecule has 1 unspecified atom stereocenters. The average Bonchev–Trinajstić information content (AvgIpc) is 3.34. The van der Waals surface area contributed by atoms with E-state index in [9.17, 15) is 9.18 Å². The number of aromatic nitrogens is 2. The topological polar surface area (TPSA) is 65.4 Å². The maximum absolute atomic E-state index is 14.1. The summed E-state index contributed by atoms with van der Waals surface area (Å²) in [7, 11) is 0. The van der Waals surface area contributed by atoms with Gasteiger partial charge in [-0.05, 0) is 55.9 Å². The molecule has 2 N–H and O–H groups in total. The molecule has 2 aromatic carbocycles. The molecule has 1 atom stereocenters. The number of hydrogen-bond acceptors (Lipinski definition) is 4. The molecule has 1 saturated heterocycles. The lowest BCUT2D eigenvalue weighted by Crippen LogP contribution is -2.46. The number of nitrogens with zero attached hydrogens (tertiary/aromatic N) is 4. The Labute approximate surface area is 187 Å². The third kappa shape index (κ3) is 5.08. The van der Waals surface area contributed by atoms with Gasteiger partial charge in [-0.15, -0.1) is 0 Å². The third-order valence-electron chi connectivity index (χ3n) is 5.84. The van der Waals surface area contributed by atoms with Gasteiger partial charge in [0.25, 0.3) is 0 Å². The van der Waals surface area contributed by atoms with E-state index in [4.69, 9.17) is 0 Å². The van der Waals surface area contributed by atoms with Gasteiger partial charge in [-0.3, -0.25) is 0 Å². The summed E-state index contributed by atoms with van der Waals surface area (Å²) in [5.74, 6) is -0.308. The second kappa shape index (κ2) is 9.82. The Morgan fingerprint density at radius 3 is 2.66 bits per heavy atom. The summed E-state index contributed by atoms with van der Waals surface area (Å²) in [6.45, 7) is 8.78. The summed E-state index contributed by atoms with van der Waals surface area (Å²) >= 11 is 0. The maximum atomic E-state index is 14.1. The molecule has 1 aliphatic heterocycles. The van der Waals surface area contributed by atoms with Crippen molar-refractivity contribution in [3.05, 3.63) is 72.3 Å². The van der Waals surface area contributed by atoms with Gasteiger partial charge in [0, 0.05) is 55.5 Å². The van der Waals surface area contributed by atoms with Gasteiger partial charge >= 0.3 is 6.03 Å². The van der Waals surface area contributed by atoms with Crippen LogP contribution >= 0.6 is 0 Å². The fraction of sp³-hybridized carbons (Fsp3) is 0.333. The minimum absolute atomic E-state index is 0.308. The van der Waals surface area contributed by atoms with Crippen LogP contribution in [0.15, 0.2) is 60.9 Å². The lowest BCUT2D eigenvalue weighted by molar-refractivity contribution is 0.249. The molecule has 1 fully saturated rings. The number of hydrogen-bond donors (Lipinski definition) is 2. The molecule has 1 aliphatic rings. The zero-order valence-electron chi connectivity index (χ0n) is 18.5. The fourth-order valence-electron chi connectivity index (χ4n) is 4.05. The van der Waals surface area contributed by atoms with Crippen molar-refractivity contribution < 1.29 is 9.18 Å². The number of piperazine rings is 1. The molecule has 4 rings (SSSR count). The first-order valence-electron chi connectivity index (χ1n) is 11.0. The summed E-state index contributed by atoms with van der Waals surface area (Å²) in [6.07, 6.45) is 3.54. The van der Waals surface area contributed by atoms with Crippen LogP contribution < -0.4 is 15.5 Å². The first-order valence-corrected chi connectivity index (χ1v) is 11.0. The lowest BCUT2D eigenvalue weighted by atomic mass is 10.0. The molecule has 7 nitrogen and oxygen atoms in total. The Hall–Kier alpha value is -3.39. The molecule has 168 valence electrons. The van der Waals surface area contributed by atoms with Gasteiger partial charge in [-0.1, -0.05) is 13.0 Å². The Morgan fingerprint density at radius 1 is 1.12 bits per heavy atom. The molecule has 0 bridgehead atoms. The smallest absolute Gasteiger partial charge is 0.319 e. The van der Waals surface area contributed by atoms with Crippen LogP contribution in [0.3, 0.4) is 0 Å². The minimum atomic E-state index is -0.362.